The average Bonchev–Trinajstić information content (AvgIpc) is 1.88. The van der Waals surface area contributed by atoms with Crippen LogP contribution in [0.2, 0.25) is 0 Å². The Morgan fingerprint density at radius 2 is 2.50 bits per heavy atom. The van der Waals surface area contributed by atoms with Crippen molar-refractivity contribution in [3.05, 3.63) is 23.8 Å². The summed E-state index contributed by atoms with van der Waals surface area (Å²) in [6, 6.07) is 0. The average molecular weight is 139 g/mol. The third kappa shape index (κ3) is 1.69. The summed E-state index contributed by atoms with van der Waals surface area (Å²) in [5.74, 6) is 0. The smallest absolute Gasteiger partial charge is 0.0678 e. The van der Waals surface area contributed by atoms with E-state index in [-0.39, 0.29) is 12.1 Å². The third-order valence-electron chi connectivity index (χ3n) is 1.66. The first-order chi connectivity index (χ1) is 4.64. The monoisotopic (exact) mass is 139 g/mol. The van der Waals surface area contributed by atoms with E-state index in [4.69, 9.17) is 10.8 Å². The Kier molecular flexibility index (Phi) is 1.92. The van der Waals surface area contributed by atoms with E-state index < -0.39 is 0 Å². The molecule has 0 heterocycles. The number of aliphatic hydroxyl groups is 1. The van der Waals surface area contributed by atoms with Crippen molar-refractivity contribution in [2.75, 3.05) is 6.61 Å². The van der Waals surface area contributed by atoms with Gasteiger partial charge >= 0.3 is 0 Å². The fourth-order valence-electron chi connectivity index (χ4n) is 0.902. The zero-order chi connectivity index (χ0) is 7.61. The van der Waals surface area contributed by atoms with Gasteiger partial charge in [0.1, 0.15) is 0 Å². The molecule has 0 aromatic carbocycles. The van der Waals surface area contributed by atoms with E-state index in [1.807, 2.05) is 25.2 Å². The lowest BCUT2D eigenvalue weighted by Crippen LogP contribution is -2.34. The summed E-state index contributed by atoms with van der Waals surface area (Å²) in [7, 11) is 0. The van der Waals surface area contributed by atoms with Crippen molar-refractivity contribution in [2.24, 2.45) is 5.73 Å². The van der Waals surface area contributed by atoms with Crippen molar-refractivity contribution < 1.29 is 5.11 Å². The Hall–Kier alpha value is -0.600. The van der Waals surface area contributed by atoms with Crippen molar-refractivity contribution in [2.45, 2.75) is 18.9 Å². The Balaban J connectivity index is 2.63. The molecule has 0 aromatic heterocycles. The molecule has 1 atom stereocenters. The van der Waals surface area contributed by atoms with Crippen LogP contribution in [0, 0.1) is 0 Å². The van der Waals surface area contributed by atoms with Crippen molar-refractivity contribution in [3.63, 3.8) is 0 Å². The molecule has 0 saturated heterocycles. The van der Waals surface area contributed by atoms with Crippen LogP contribution in [0.5, 0.6) is 0 Å². The van der Waals surface area contributed by atoms with E-state index in [1.165, 1.54) is 0 Å². The lowest BCUT2D eigenvalue weighted by Gasteiger charge is -2.21. The van der Waals surface area contributed by atoms with Crippen LogP contribution in [0.25, 0.3) is 0 Å². The molecular weight excluding hydrogens is 126 g/mol. The van der Waals surface area contributed by atoms with Crippen LogP contribution in [-0.2, 0) is 0 Å². The summed E-state index contributed by atoms with van der Waals surface area (Å²) in [5, 5.41) is 8.70. The summed E-state index contributed by atoms with van der Waals surface area (Å²) in [5.41, 5.74) is 6.53. The van der Waals surface area contributed by atoms with E-state index >= 15 is 0 Å². The van der Waals surface area contributed by atoms with Gasteiger partial charge in [-0.05, 0) is 18.9 Å². The third-order valence-corrected chi connectivity index (χ3v) is 1.66. The molecule has 1 unspecified atom stereocenters. The Morgan fingerprint density at radius 3 is 2.90 bits per heavy atom. The Morgan fingerprint density at radius 1 is 1.80 bits per heavy atom. The van der Waals surface area contributed by atoms with Crippen LogP contribution in [0.3, 0.4) is 0 Å². The van der Waals surface area contributed by atoms with E-state index in [1.54, 1.807) is 0 Å². The van der Waals surface area contributed by atoms with Crippen LogP contribution in [-0.4, -0.2) is 17.3 Å². The molecule has 0 bridgehead atoms. The lowest BCUT2D eigenvalue weighted by atomic mass is 9.92. The van der Waals surface area contributed by atoms with E-state index in [2.05, 4.69) is 0 Å². The van der Waals surface area contributed by atoms with Gasteiger partial charge in [-0.25, -0.2) is 0 Å². The first-order valence-corrected chi connectivity index (χ1v) is 3.42. The molecule has 1 aliphatic carbocycles. The predicted octanol–water partition coefficient (Wildman–Crippen LogP) is 0.582. The van der Waals surface area contributed by atoms with Crippen LogP contribution < -0.4 is 5.73 Å². The minimum absolute atomic E-state index is 0.118. The minimum Gasteiger partial charge on any atom is -0.392 e. The molecule has 0 amide bonds. The molecule has 10 heavy (non-hydrogen) atoms. The van der Waals surface area contributed by atoms with Gasteiger partial charge in [0.2, 0.25) is 0 Å². The highest BCUT2D eigenvalue weighted by molar-refractivity contribution is 5.28. The van der Waals surface area contributed by atoms with E-state index in [9.17, 15) is 0 Å². The van der Waals surface area contributed by atoms with Gasteiger partial charge in [0, 0.05) is 5.54 Å². The molecule has 1 rings (SSSR count). The van der Waals surface area contributed by atoms with Crippen LogP contribution >= 0.6 is 0 Å². The molecule has 0 spiro atoms. The Bertz CT molecular complexity index is 180. The fourth-order valence-corrected chi connectivity index (χ4v) is 0.902. The highest BCUT2D eigenvalue weighted by atomic mass is 16.3. The van der Waals surface area contributed by atoms with Gasteiger partial charge in [0.25, 0.3) is 0 Å². The zero-order valence-electron chi connectivity index (χ0n) is 6.17. The second kappa shape index (κ2) is 2.56. The number of hydrogen-bond acceptors (Lipinski definition) is 2. The quantitative estimate of drug-likeness (QED) is 0.558. The van der Waals surface area contributed by atoms with Crippen molar-refractivity contribution in [1.29, 1.82) is 0 Å². The van der Waals surface area contributed by atoms with Gasteiger partial charge in [0.05, 0.1) is 6.61 Å². The maximum atomic E-state index is 8.70. The van der Waals surface area contributed by atoms with Crippen LogP contribution in [0.4, 0.5) is 0 Å². The number of aliphatic hydroxyl groups excluding tert-OH is 1. The summed E-state index contributed by atoms with van der Waals surface area (Å²) in [6.07, 6.45) is 6.60. The normalized spacial score (nSPS) is 32.1. The van der Waals surface area contributed by atoms with Crippen LogP contribution in [0.1, 0.15) is 13.3 Å². The molecule has 2 heteroatoms. The standard InChI is InChI=1S/C8H13NO/c1-8(9)4-2-7(6-10)3-5-8/h2-4,10H,5-6,9H2,1H3. The second-order valence-electron chi connectivity index (χ2n) is 2.98. The summed E-state index contributed by atoms with van der Waals surface area (Å²) < 4.78 is 0. The molecular formula is C8H13NO. The topological polar surface area (TPSA) is 46.2 Å². The van der Waals surface area contributed by atoms with Crippen molar-refractivity contribution >= 4 is 0 Å². The van der Waals surface area contributed by atoms with Crippen molar-refractivity contribution in [3.8, 4) is 0 Å². The molecule has 1 aliphatic rings. The molecule has 0 fully saturated rings. The number of rotatable bonds is 1. The van der Waals surface area contributed by atoms with Gasteiger partial charge in [-0.1, -0.05) is 18.2 Å². The summed E-state index contributed by atoms with van der Waals surface area (Å²) >= 11 is 0. The highest BCUT2D eigenvalue weighted by Gasteiger charge is 2.15. The van der Waals surface area contributed by atoms with Gasteiger partial charge in [-0.2, -0.15) is 0 Å². The molecule has 0 radical (unpaired) electrons. The summed E-state index contributed by atoms with van der Waals surface area (Å²) in [4.78, 5) is 0. The van der Waals surface area contributed by atoms with Gasteiger partial charge in [0.15, 0.2) is 0 Å². The molecule has 2 nitrogen and oxygen atoms in total. The fraction of sp³-hybridized carbons (Fsp3) is 0.500. The first-order valence-electron chi connectivity index (χ1n) is 3.42. The van der Waals surface area contributed by atoms with E-state index in [0.717, 1.165) is 12.0 Å². The predicted molar refractivity (Wildman–Crippen MR) is 41.5 cm³/mol. The minimum atomic E-state index is -0.210. The summed E-state index contributed by atoms with van der Waals surface area (Å²) in [6.45, 7) is 2.08. The largest absolute Gasteiger partial charge is 0.392 e. The van der Waals surface area contributed by atoms with Crippen LogP contribution in [0.15, 0.2) is 23.8 Å². The zero-order valence-corrected chi connectivity index (χ0v) is 6.17. The molecule has 0 saturated carbocycles. The van der Waals surface area contributed by atoms with Gasteiger partial charge < -0.3 is 10.8 Å². The SMILES string of the molecule is CC1(N)C=CC(CO)=CC1. The molecule has 56 valence electrons. The van der Waals surface area contributed by atoms with Gasteiger partial charge in [-0.15, -0.1) is 0 Å². The highest BCUT2D eigenvalue weighted by Crippen LogP contribution is 2.16. The first kappa shape index (κ1) is 7.51. The number of nitrogens with two attached hydrogens (primary N) is 1. The van der Waals surface area contributed by atoms with Crippen molar-refractivity contribution in [1.82, 2.24) is 0 Å². The molecule has 0 aromatic rings. The molecule has 3 N–H and O–H groups in total. The van der Waals surface area contributed by atoms with E-state index in [0.29, 0.717) is 0 Å². The molecule has 0 aliphatic heterocycles. The second-order valence-corrected chi connectivity index (χ2v) is 2.98. The maximum Gasteiger partial charge on any atom is 0.0678 e. The maximum absolute atomic E-state index is 8.70. The lowest BCUT2D eigenvalue weighted by molar-refractivity contribution is 0.333. The Labute approximate surface area is 61.0 Å². The van der Waals surface area contributed by atoms with Gasteiger partial charge in [-0.3, -0.25) is 0 Å². The number of hydrogen-bond donors (Lipinski definition) is 2.